The lowest BCUT2D eigenvalue weighted by Crippen LogP contribution is -2.25. The molecule has 0 aliphatic carbocycles. The van der Waals surface area contributed by atoms with Crippen LogP contribution in [0, 0.1) is 0 Å². The van der Waals surface area contributed by atoms with E-state index in [2.05, 4.69) is 25.8 Å². The van der Waals surface area contributed by atoms with Crippen LogP contribution in [0.25, 0.3) is 0 Å². The van der Waals surface area contributed by atoms with Crippen LogP contribution in [-0.4, -0.2) is 16.4 Å². The Kier molecular flexibility index (Phi) is 4.26. The molecule has 0 amide bonds. The molecular formula is C12H9BrF2N2O2. The first-order valence-corrected chi connectivity index (χ1v) is 6.11. The average molecular weight is 331 g/mol. The molecule has 100 valence electrons. The van der Waals surface area contributed by atoms with Crippen molar-refractivity contribution in [2.45, 2.75) is 13.2 Å². The van der Waals surface area contributed by atoms with Crippen molar-refractivity contribution in [1.29, 1.82) is 0 Å². The predicted octanol–water partition coefficient (Wildman–Crippen LogP) is 2.66. The minimum Gasteiger partial charge on any atom is -0.429 e. The standard InChI is InChI=1S/C12H9BrF2N2O2/c13-9-3-1-2-8(6-9)7-17-11(18)10(4-5-16-17)19-12(14)15/h1-6,12H,7H2. The Balaban J connectivity index is 2.28. The molecule has 0 unspecified atom stereocenters. The van der Waals surface area contributed by atoms with Crippen molar-refractivity contribution in [1.82, 2.24) is 9.78 Å². The second kappa shape index (κ2) is 5.92. The van der Waals surface area contributed by atoms with Gasteiger partial charge in [0.2, 0.25) is 0 Å². The van der Waals surface area contributed by atoms with Gasteiger partial charge in [-0.3, -0.25) is 4.79 Å². The van der Waals surface area contributed by atoms with Crippen LogP contribution in [0.15, 0.2) is 45.8 Å². The maximum atomic E-state index is 12.1. The van der Waals surface area contributed by atoms with E-state index < -0.39 is 17.9 Å². The molecule has 7 heteroatoms. The van der Waals surface area contributed by atoms with Crippen molar-refractivity contribution in [3.8, 4) is 5.75 Å². The summed E-state index contributed by atoms with van der Waals surface area (Å²) in [5.74, 6) is -0.417. The molecule has 0 N–H and O–H groups in total. The van der Waals surface area contributed by atoms with E-state index in [4.69, 9.17) is 0 Å². The van der Waals surface area contributed by atoms with Crippen LogP contribution in [0.5, 0.6) is 5.75 Å². The highest BCUT2D eigenvalue weighted by Crippen LogP contribution is 2.12. The predicted molar refractivity (Wildman–Crippen MR) is 68.4 cm³/mol. The summed E-state index contributed by atoms with van der Waals surface area (Å²) in [6.07, 6.45) is 1.25. The summed E-state index contributed by atoms with van der Waals surface area (Å²) in [6.45, 7) is -2.85. The summed E-state index contributed by atoms with van der Waals surface area (Å²) in [6, 6.07) is 8.39. The van der Waals surface area contributed by atoms with Crippen molar-refractivity contribution in [3.63, 3.8) is 0 Å². The van der Waals surface area contributed by atoms with Gasteiger partial charge < -0.3 is 4.74 Å². The summed E-state index contributed by atoms with van der Waals surface area (Å²) < 4.78 is 30.3. The van der Waals surface area contributed by atoms with Gasteiger partial charge in [0.15, 0.2) is 5.75 Å². The Morgan fingerprint density at radius 1 is 1.37 bits per heavy atom. The molecule has 2 aromatic rings. The third-order valence-corrected chi connectivity index (χ3v) is 2.81. The van der Waals surface area contributed by atoms with E-state index in [0.29, 0.717) is 0 Å². The Hall–Kier alpha value is -1.76. The fraction of sp³-hybridized carbons (Fsp3) is 0.167. The molecule has 0 saturated carbocycles. The number of ether oxygens (including phenoxy) is 1. The molecule has 1 aromatic heterocycles. The largest absolute Gasteiger partial charge is 0.429 e. The molecule has 1 aromatic carbocycles. The van der Waals surface area contributed by atoms with Crippen LogP contribution in [0.2, 0.25) is 0 Å². The summed E-state index contributed by atoms with van der Waals surface area (Å²) in [4.78, 5) is 11.8. The highest BCUT2D eigenvalue weighted by Gasteiger charge is 2.11. The van der Waals surface area contributed by atoms with Gasteiger partial charge in [-0.25, -0.2) is 4.68 Å². The molecule has 0 spiro atoms. The lowest BCUT2D eigenvalue weighted by atomic mass is 10.2. The first kappa shape index (κ1) is 13.7. The first-order chi connectivity index (χ1) is 9.06. The number of halogens is 3. The van der Waals surface area contributed by atoms with Gasteiger partial charge in [0.1, 0.15) is 0 Å². The Morgan fingerprint density at radius 2 is 2.16 bits per heavy atom. The van der Waals surface area contributed by atoms with E-state index in [1.165, 1.54) is 6.20 Å². The Labute approximate surface area is 115 Å². The van der Waals surface area contributed by atoms with Gasteiger partial charge in [0.05, 0.1) is 12.7 Å². The number of hydrogen-bond acceptors (Lipinski definition) is 3. The SMILES string of the molecule is O=c1c(OC(F)F)ccnn1Cc1cccc(Br)c1. The maximum absolute atomic E-state index is 12.1. The normalized spacial score (nSPS) is 10.7. The maximum Gasteiger partial charge on any atom is 0.387 e. The third kappa shape index (κ3) is 3.60. The zero-order chi connectivity index (χ0) is 13.8. The van der Waals surface area contributed by atoms with E-state index in [1.807, 2.05) is 18.2 Å². The van der Waals surface area contributed by atoms with Crippen LogP contribution in [0.4, 0.5) is 8.78 Å². The lowest BCUT2D eigenvalue weighted by molar-refractivity contribution is -0.0512. The van der Waals surface area contributed by atoms with Crippen LogP contribution in [-0.2, 0) is 6.54 Å². The van der Waals surface area contributed by atoms with E-state index in [1.54, 1.807) is 6.07 Å². The lowest BCUT2D eigenvalue weighted by Gasteiger charge is -2.08. The van der Waals surface area contributed by atoms with Gasteiger partial charge in [-0.15, -0.1) is 0 Å². The zero-order valence-corrected chi connectivity index (χ0v) is 11.2. The molecule has 0 atom stereocenters. The fourth-order valence-electron chi connectivity index (χ4n) is 1.54. The van der Waals surface area contributed by atoms with E-state index in [9.17, 15) is 13.6 Å². The summed E-state index contributed by atoms with van der Waals surface area (Å²) >= 11 is 3.31. The number of benzene rings is 1. The van der Waals surface area contributed by atoms with Gasteiger partial charge in [0, 0.05) is 10.5 Å². The van der Waals surface area contributed by atoms with Crippen LogP contribution in [0.3, 0.4) is 0 Å². The number of hydrogen-bond donors (Lipinski definition) is 0. The van der Waals surface area contributed by atoms with Gasteiger partial charge >= 0.3 is 12.2 Å². The average Bonchev–Trinajstić information content (AvgIpc) is 2.34. The quantitative estimate of drug-likeness (QED) is 0.865. The van der Waals surface area contributed by atoms with Gasteiger partial charge in [0.25, 0.3) is 0 Å². The Bertz CT molecular complexity index is 631. The van der Waals surface area contributed by atoms with Gasteiger partial charge in [-0.05, 0) is 17.7 Å². The third-order valence-electron chi connectivity index (χ3n) is 2.31. The van der Waals surface area contributed by atoms with E-state index >= 15 is 0 Å². The summed E-state index contributed by atoms with van der Waals surface area (Å²) in [5, 5.41) is 3.84. The number of nitrogens with zero attached hydrogens (tertiary/aromatic N) is 2. The number of aromatic nitrogens is 2. The van der Waals surface area contributed by atoms with E-state index in [0.717, 1.165) is 20.8 Å². The Morgan fingerprint density at radius 3 is 2.84 bits per heavy atom. The van der Waals surface area contributed by atoms with Crippen molar-refractivity contribution in [2.75, 3.05) is 0 Å². The first-order valence-electron chi connectivity index (χ1n) is 5.31. The molecular weight excluding hydrogens is 322 g/mol. The second-order valence-electron chi connectivity index (χ2n) is 3.67. The van der Waals surface area contributed by atoms with E-state index in [-0.39, 0.29) is 6.54 Å². The minimum atomic E-state index is -3.03. The highest BCUT2D eigenvalue weighted by molar-refractivity contribution is 9.10. The van der Waals surface area contributed by atoms with Crippen molar-refractivity contribution in [2.24, 2.45) is 0 Å². The van der Waals surface area contributed by atoms with Crippen LogP contribution in [0.1, 0.15) is 5.56 Å². The van der Waals surface area contributed by atoms with Crippen molar-refractivity contribution in [3.05, 3.63) is 56.9 Å². The van der Waals surface area contributed by atoms with Crippen LogP contribution < -0.4 is 10.3 Å². The summed E-state index contributed by atoms with van der Waals surface area (Å²) in [7, 11) is 0. The molecule has 0 bridgehead atoms. The molecule has 19 heavy (non-hydrogen) atoms. The smallest absolute Gasteiger partial charge is 0.387 e. The van der Waals surface area contributed by atoms with Gasteiger partial charge in [-0.2, -0.15) is 13.9 Å². The summed E-state index contributed by atoms with van der Waals surface area (Å²) in [5.41, 5.74) is 0.126. The number of alkyl halides is 2. The van der Waals surface area contributed by atoms with Crippen LogP contribution >= 0.6 is 15.9 Å². The number of rotatable bonds is 4. The molecule has 0 aliphatic rings. The minimum absolute atomic E-state index is 0.179. The van der Waals surface area contributed by atoms with Gasteiger partial charge in [-0.1, -0.05) is 28.1 Å². The fourth-order valence-corrected chi connectivity index (χ4v) is 1.99. The van der Waals surface area contributed by atoms with Crippen molar-refractivity contribution >= 4 is 15.9 Å². The topological polar surface area (TPSA) is 44.1 Å². The molecule has 0 saturated heterocycles. The molecule has 2 rings (SSSR count). The second-order valence-corrected chi connectivity index (χ2v) is 4.58. The highest BCUT2D eigenvalue weighted by atomic mass is 79.9. The molecule has 4 nitrogen and oxygen atoms in total. The molecule has 0 aliphatic heterocycles. The monoisotopic (exact) mass is 330 g/mol. The van der Waals surface area contributed by atoms with Crippen molar-refractivity contribution < 1.29 is 13.5 Å². The molecule has 0 radical (unpaired) electrons. The molecule has 1 heterocycles. The molecule has 0 fully saturated rings. The zero-order valence-electron chi connectivity index (χ0n) is 9.59.